The average molecular weight is 262 g/mol. The number of carboxylic acids is 1. The quantitative estimate of drug-likeness (QED) is 0.887. The Morgan fingerprint density at radius 3 is 2.84 bits per heavy atom. The first-order valence-electron chi connectivity index (χ1n) is 5.62. The van der Waals surface area contributed by atoms with Crippen molar-refractivity contribution in [1.82, 2.24) is 9.55 Å². The molecule has 6 nitrogen and oxygen atoms in total. The maximum absolute atomic E-state index is 11.2. The molecular formula is C13H14N2O4. The van der Waals surface area contributed by atoms with Gasteiger partial charge in [0.1, 0.15) is 29.5 Å². The van der Waals surface area contributed by atoms with E-state index in [1.165, 1.54) is 13.2 Å². The van der Waals surface area contributed by atoms with E-state index in [9.17, 15) is 4.79 Å². The number of benzene rings is 1. The van der Waals surface area contributed by atoms with Gasteiger partial charge in [0.15, 0.2) is 0 Å². The molecule has 0 amide bonds. The van der Waals surface area contributed by atoms with Crippen LogP contribution in [-0.2, 0) is 13.7 Å². The van der Waals surface area contributed by atoms with E-state index in [2.05, 4.69) is 4.98 Å². The second-order valence-corrected chi connectivity index (χ2v) is 3.91. The highest BCUT2D eigenvalue weighted by Crippen LogP contribution is 2.24. The number of aromatic nitrogens is 2. The molecule has 100 valence electrons. The summed E-state index contributed by atoms with van der Waals surface area (Å²) in [5.74, 6) is 0.416. The van der Waals surface area contributed by atoms with Gasteiger partial charge in [0.2, 0.25) is 0 Å². The SMILES string of the molecule is COc1ccc(OCc2nccn2C)c(C(=O)O)c1. The maximum atomic E-state index is 11.2. The van der Waals surface area contributed by atoms with Gasteiger partial charge >= 0.3 is 5.97 Å². The second kappa shape index (κ2) is 5.43. The average Bonchev–Trinajstić information content (AvgIpc) is 2.81. The number of hydrogen-bond donors (Lipinski definition) is 1. The van der Waals surface area contributed by atoms with Crippen LogP contribution in [0.2, 0.25) is 0 Å². The normalized spacial score (nSPS) is 10.2. The minimum Gasteiger partial charge on any atom is -0.497 e. The molecule has 2 rings (SSSR count). The number of hydrogen-bond acceptors (Lipinski definition) is 4. The molecule has 1 aromatic heterocycles. The highest BCUT2D eigenvalue weighted by atomic mass is 16.5. The molecule has 0 atom stereocenters. The van der Waals surface area contributed by atoms with Crippen LogP contribution in [0.3, 0.4) is 0 Å². The zero-order valence-corrected chi connectivity index (χ0v) is 10.7. The Morgan fingerprint density at radius 2 is 2.26 bits per heavy atom. The number of aryl methyl sites for hydroxylation is 1. The predicted octanol–water partition coefficient (Wildman–Crippen LogP) is 1.71. The number of carboxylic acid groups (broad SMARTS) is 1. The monoisotopic (exact) mass is 262 g/mol. The van der Waals surface area contributed by atoms with Crippen LogP contribution in [0, 0.1) is 0 Å². The van der Waals surface area contributed by atoms with Crippen LogP contribution in [0.1, 0.15) is 16.2 Å². The lowest BCUT2D eigenvalue weighted by Gasteiger charge is -2.10. The summed E-state index contributed by atoms with van der Waals surface area (Å²) in [5, 5.41) is 9.14. The molecule has 1 heterocycles. The molecule has 0 radical (unpaired) electrons. The first-order chi connectivity index (χ1) is 9.11. The molecule has 1 N–H and O–H groups in total. The van der Waals surface area contributed by atoms with E-state index in [-0.39, 0.29) is 17.9 Å². The van der Waals surface area contributed by atoms with Crippen molar-refractivity contribution in [3.8, 4) is 11.5 Å². The van der Waals surface area contributed by atoms with Gasteiger partial charge in [0, 0.05) is 19.4 Å². The van der Waals surface area contributed by atoms with E-state index in [4.69, 9.17) is 14.6 Å². The molecular weight excluding hydrogens is 248 g/mol. The molecule has 0 aliphatic carbocycles. The third-order valence-electron chi connectivity index (χ3n) is 2.69. The van der Waals surface area contributed by atoms with Crippen LogP contribution in [0.4, 0.5) is 0 Å². The van der Waals surface area contributed by atoms with E-state index >= 15 is 0 Å². The Morgan fingerprint density at radius 1 is 1.47 bits per heavy atom. The number of methoxy groups -OCH3 is 1. The lowest BCUT2D eigenvalue weighted by molar-refractivity contribution is 0.0691. The highest BCUT2D eigenvalue weighted by Gasteiger charge is 2.13. The van der Waals surface area contributed by atoms with Crippen LogP contribution < -0.4 is 9.47 Å². The zero-order valence-electron chi connectivity index (χ0n) is 10.7. The third kappa shape index (κ3) is 2.85. The molecule has 0 aliphatic rings. The minimum atomic E-state index is -1.06. The number of rotatable bonds is 5. The molecule has 0 spiro atoms. The second-order valence-electron chi connectivity index (χ2n) is 3.91. The molecule has 6 heteroatoms. The van der Waals surface area contributed by atoms with E-state index in [1.807, 2.05) is 11.6 Å². The lowest BCUT2D eigenvalue weighted by Crippen LogP contribution is -2.07. The molecule has 0 bridgehead atoms. The van der Waals surface area contributed by atoms with E-state index < -0.39 is 5.97 Å². The van der Waals surface area contributed by atoms with Gasteiger partial charge in [0.05, 0.1) is 7.11 Å². The lowest BCUT2D eigenvalue weighted by atomic mass is 10.2. The Bertz CT molecular complexity index is 592. The van der Waals surface area contributed by atoms with Crippen LogP contribution in [0.25, 0.3) is 0 Å². The van der Waals surface area contributed by atoms with Crippen molar-refractivity contribution in [2.75, 3.05) is 7.11 Å². The number of nitrogens with zero attached hydrogens (tertiary/aromatic N) is 2. The van der Waals surface area contributed by atoms with Gasteiger partial charge in [-0.15, -0.1) is 0 Å². The van der Waals surface area contributed by atoms with Gasteiger partial charge in [-0.05, 0) is 18.2 Å². The first-order valence-corrected chi connectivity index (χ1v) is 5.62. The van der Waals surface area contributed by atoms with Crippen molar-refractivity contribution in [2.24, 2.45) is 7.05 Å². The summed E-state index contributed by atoms with van der Waals surface area (Å²) >= 11 is 0. The van der Waals surface area contributed by atoms with Gasteiger partial charge in [0.25, 0.3) is 0 Å². The summed E-state index contributed by atoms with van der Waals surface area (Å²) in [7, 11) is 3.33. The Hall–Kier alpha value is -2.50. The first kappa shape index (κ1) is 12.9. The van der Waals surface area contributed by atoms with Crippen LogP contribution in [-0.4, -0.2) is 27.7 Å². The van der Waals surface area contributed by atoms with E-state index in [1.54, 1.807) is 24.5 Å². The van der Waals surface area contributed by atoms with Crippen molar-refractivity contribution in [1.29, 1.82) is 0 Å². The van der Waals surface area contributed by atoms with Crippen molar-refractivity contribution >= 4 is 5.97 Å². The summed E-state index contributed by atoms with van der Waals surface area (Å²) < 4.78 is 12.3. The molecule has 0 saturated heterocycles. The number of ether oxygens (including phenoxy) is 2. The molecule has 0 saturated carbocycles. The molecule has 0 aliphatic heterocycles. The third-order valence-corrected chi connectivity index (χ3v) is 2.69. The Labute approximate surface area is 110 Å². The standard InChI is InChI=1S/C13H14N2O4/c1-15-6-5-14-12(15)8-19-11-4-3-9(18-2)7-10(11)13(16)17/h3-7H,8H2,1-2H3,(H,16,17). The highest BCUT2D eigenvalue weighted by molar-refractivity contribution is 5.91. The van der Waals surface area contributed by atoms with Gasteiger partial charge in [-0.3, -0.25) is 0 Å². The van der Waals surface area contributed by atoms with Crippen molar-refractivity contribution < 1.29 is 19.4 Å². The molecule has 0 fully saturated rings. The van der Waals surface area contributed by atoms with Crippen molar-refractivity contribution in [3.63, 3.8) is 0 Å². The van der Waals surface area contributed by atoms with E-state index in [0.29, 0.717) is 11.6 Å². The van der Waals surface area contributed by atoms with Crippen molar-refractivity contribution in [2.45, 2.75) is 6.61 Å². The van der Waals surface area contributed by atoms with Crippen LogP contribution in [0.5, 0.6) is 11.5 Å². The summed E-state index contributed by atoms with van der Waals surface area (Å²) in [6, 6.07) is 4.65. The summed E-state index contributed by atoms with van der Waals surface area (Å²) in [4.78, 5) is 15.3. The van der Waals surface area contributed by atoms with Crippen LogP contribution >= 0.6 is 0 Å². The van der Waals surface area contributed by atoms with Gasteiger partial charge in [-0.25, -0.2) is 9.78 Å². The predicted molar refractivity (Wildman–Crippen MR) is 67.5 cm³/mol. The number of aromatic carboxylic acids is 1. The fraction of sp³-hybridized carbons (Fsp3) is 0.231. The van der Waals surface area contributed by atoms with E-state index in [0.717, 1.165) is 0 Å². The summed E-state index contributed by atoms with van der Waals surface area (Å²) in [6.07, 6.45) is 3.45. The number of carbonyl (C=O) groups is 1. The molecule has 0 unspecified atom stereocenters. The zero-order chi connectivity index (χ0) is 13.8. The summed E-state index contributed by atoms with van der Waals surface area (Å²) in [6.45, 7) is 0.204. The Balaban J connectivity index is 2.20. The fourth-order valence-electron chi connectivity index (χ4n) is 1.61. The minimum absolute atomic E-state index is 0.0635. The summed E-state index contributed by atoms with van der Waals surface area (Å²) in [5.41, 5.74) is 0.0635. The maximum Gasteiger partial charge on any atom is 0.339 e. The molecule has 1 aromatic carbocycles. The van der Waals surface area contributed by atoms with Gasteiger partial charge in [-0.2, -0.15) is 0 Å². The fourth-order valence-corrected chi connectivity index (χ4v) is 1.61. The Kier molecular flexibility index (Phi) is 3.70. The smallest absolute Gasteiger partial charge is 0.339 e. The van der Waals surface area contributed by atoms with Gasteiger partial charge in [-0.1, -0.05) is 0 Å². The molecule has 19 heavy (non-hydrogen) atoms. The van der Waals surface area contributed by atoms with Gasteiger partial charge < -0.3 is 19.1 Å². The topological polar surface area (TPSA) is 73.6 Å². The molecule has 2 aromatic rings. The number of imidazole rings is 1. The largest absolute Gasteiger partial charge is 0.497 e. The van der Waals surface area contributed by atoms with Crippen LogP contribution in [0.15, 0.2) is 30.6 Å². The van der Waals surface area contributed by atoms with Crippen molar-refractivity contribution in [3.05, 3.63) is 42.0 Å².